The van der Waals surface area contributed by atoms with E-state index in [-0.39, 0.29) is 0 Å². The van der Waals surface area contributed by atoms with Gasteiger partial charge in [0.25, 0.3) is 0 Å². The molecule has 0 aliphatic heterocycles. The average Bonchev–Trinajstić information content (AvgIpc) is 2.34. The summed E-state index contributed by atoms with van der Waals surface area (Å²) in [7, 11) is 0. The van der Waals surface area contributed by atoms with E-state index in [0.29, 0.717) is 5.92 Å². The molecular formula is C15H23N. The van der Waals surface area contributed by atoms with Gasteiger partial charge < -0.3 is 0 Å². The second-order valence-corrected chi connectivity index (χ2v) is 4.26. The number of allylic oxidation sites excluding steroid dienone is 2. The van der Waals surface area contributed by atoms with Crippen molar-refractivity contribution in [1.29, 1.82) is 0 Å². The van der Waals surface area contributed by atoms with Gasteiger partial charge in [-0.15, -0.1) is 0 Å². The van der Waals surface area contributed by atoms with E-state index >= 15 is 0 Å². The number of rotatable bonds is 7. The van der Waals surface area contributed by atoms with Gasteiger partial charge in [0.05, 0.1) is 0 Å². The molecule has 1 atom stereocenters. The summed E-state index contributed by atoms with van der Waals surface area (Å²) < 4.78 is 0. The van der Waals surface area contributed by atoms with Crippen molar-refractivity contribution in [2.45, 2.75) is 46.0 Å². The molecule has 1 rings (SSSR count). The Balaban J connectivity index is 2.40. The topological polar surface area (TPSA) is 12.9 Å². The van der Waals surface area contributed by atoms with Crippen LogP contribution >= 0.6 is 0 Å². The fraction of sp³-hybridized carbons (Fsp3) is 0.533. The van der Waals surface area contributed by atoms with Crippen molar-refractivity contribution in [2.75, 3.05) is 0 Å². The van der Waals surface area contributed by atoms with Crippen LogP contribution in [0.3, 0.4) is 0 Å². The molecule has 0 fully saturated rings. The van der Waals surface area contributed by atoms with Crippen LogP contribution in [0.25, 0.3) is 0 Å². The van der Waals surface area contributed by atoms with Crippen LogP contribution in [0, 0.1) is 5.92 Å². The Hall–Kier alpha value is -1.11. The van der Waals surface area contributed by atoms with Gasteiger partial charge in [-0.05, 0) is 37.3 Å². The molecular weight excluding hydrogens is 194 g/mol. The van der Waals surface area contributed by atoms with E-state index in [1.54, 1.807) is 0 Å². The highest BCUT2D eigenvalue weighted by Gasteiger charge is 2.03. The van der Waals surface area contributed by atoms with E-state index in [0.717, 1.165) is 6.42 Å². The lowest BCUT2D eigenvalue weighted by Crippen LogP contribution is -2.01. The molecule has 1 heterocycles. The van der Waals surface area contributed by atoms with Crippen molar-refractivity contribution in [2.24, 2.45) is 5.92 Å². The molecule has 16 heavy (non-hydrogen) atoms. The first-order valence-electron chi connectivity index (χ1n) is 6.43. The molecule has 0 amide bonds. The van der Waals surface area contributed by atoms with E-state index in [1.807, 2.05) is 12.3 Å². The van der Waals surface area contributed by atoms with E-state index in [1.165, 1.54) is 31.4 Å². The largest absolute Gasteiger partial charge is 0.261 e. The van der Waals surface area contributed by atoms with Gasteiger partial charge in [-0.1, -0.05) is 44.9 Å². The Labute approximate surface area is 99.6 Å². The number of hydrogen-bond acceptors (Lipinski definition) is 1. The Bertz CT molecular complexity index is 290. The van der Waals surface area contributed by atoms with Gasteiger partial charge in [0.2, 0.25) is 0 Å². The van der Waals surface area contributed by atoms with Crippen molar-refractivity contribution >= 4 is 0 Å². The predicted octanol–water partition coefficient (Wildman–Crippen LogP) is 4.40. The third-order valence-corrected chi connectivity index (χ3v) is 2.85. The molecule has 0 radical (unpaired) electrons. The van der Waals surface area contributed by atoms with Crippen LogP contribution in [0.15, 0.2) is 36.5 Å². The lowest BCUT2D eigenvalue weighted by molar-refractivity contribution is 0.611. The minimum absolute atomic E-state index is 0.645. The van der Waals surface area contributed by atoms with E-state index < -0.39 is 0 Å². The molecule has 0 aliphatic carbocycles. The van der Waals surface area contributed by atoms with Crippen molar-refractivity contribution in [3.05, 3.63) is 42.2 Å². The fourth-order valence-electron chi connectivity index (χ4n) is 1.75. The lowest BCUT2D eigenvalue weighted by atomic mass is 9.99. The van der Waals surface area contributed by atoms with Crippen LogP contribution in [0.5, 0.6) is 0 Å². The van der Waals surface area contributed by atoms with E-state index in [4.69, 9.17) is 0 Å². The minimum Gasteiger partial charge on any atom is -0.261 e. The van der Waals surface area contributed by atoms with Gasteiger partial charge in [0.15, 0.2) is 0 Å². The van der Waals surface area contributed by atoms with Gasteiger partial charge in [-0.3, -0.25) is 4.98 Å². The Morgan fingerprint density at radius 3 is 2.81 bits per heavy atom. The minimum atomic E-state index is 0.645. The second kappa shape index (κ2) is 8.09. The summed E-state index contributed by atoms with van der Waals surface area (Å²) in [6.45, 7) is 4.48. The summed E-state index contributed by atoms with van der Waals surface area (Å²) in [5.74, 6) is 0.645. The Kier molecular flexibility index (Phi) is 6.55. The molecule has 0 saturated carbocycles. The van der Waals surface area contributed by atoms with Crippen LogP contribution in [-0.4, -0.2) is 4.98 Å². The number of nitrogens with zero attached hydrogens (tertiary/aromatic N) is 1. The van der Waals surface area contributed by atoms with Crippen molar-refractivity contribution < 1.29 is 0 Å². The molecule has 1 aromatic heterocycles. The average molecular weight is 217 g/mol. The van der Waals surface area contributed by atoms with Crippen LogP contribution in [0.1, 0.15) is 45.2 Å². The summed E-state index contributed by atoms with van der Waals surface area (Å²) >= 11 is 0. The molecule has 0 N–H and O–H groups in total. The standard InChI is InChI=1S/C15H23N/c1-3-5-6-7-10-14(4-2)13-15-11-8-9-12-16-15/h7-12,14H,3-6,13H2,1-2H3/b10-7+. The molecule has 0 spiro atoms. The van der Waals surface area contributed by atoms with Gasteiger partial charge in [-0.2, -0.15) is 0 Å². The van der Waals surface area contributed by atoms with Crippen LogP contribution in [-0.2, 0) is 6.42 Å². The van der Waals surface area contributed by atoms with Gasteiger partial charge in [0.1, 0.15) is 0 Å². The molecule has 1 unspecified atom stereocenters. The third-order valence-electron chi connectivity index (χ3n) is 2.85. The van der Waals surface area contributed by atoms with E-state index in [2.05, 4.69) is 43.1 Å². The summed E-state index contributed by atoms with van der Waals surface area (Å²) in [6.07, 6.45) is 12.6. The number of hydrogen-bond donors (Lipinski definition) is 0. The molecule has 1 aromatic rings. The first kappa shape index (κ1) is 13.0. The van der Waals surface area contributed by atoms with Crippen LogP contribution < -0.4 is 0 Å². The highest BCUT2D eigenvalue weighted by molar-refractivity contribution is 5.06. The van der Waals surface area contributed by atoms with Crippen LogP contribution in [0.2, 0.25) is 0 Å². The van der Waals surface area contributed by atoms with Crippen molar-refractivity contribution in [3.63, 3.8) is 0 Å². The van der Waals surface area contributed by atoms with E-state index in [9.17, 15) is 0 Å². The SMILES string of the molecule is CCCC/C=C/C(CC)Cc1ccccn1. The smallest absolute Gasteiger partial charge is 0.0409 e. The molecule has 1 heteroatoms. The number of pyridine rings is 1. The molecule has 0 aliphatic rings. The Morgan fingerprint density at radius 1 is 1.31 bits per heavy atom. The third kappa shape index (κ3) is 5.11. The summed E-state index contributed by atoms with van der Waals surface area (Å²) in [6, 6.07) is 6.15. The zero-order valence-electron chi connectivity index (χ0n) is 10.5. The second-order valence-electron chi connectivity index (χ2n) is 4.26. The summed E-state index contributed by atoms with van der Waals surface area (Å²) in [4.78, 5) is 4.38. The first-order valence-corrected chi connectivity index (χ1v) is 6.43. The molecule has 0 aromatic carbocycles. The first-order chi connectivity index (χ1) is 7.86. The lowest BCUT2D eigenvalue weighted by Gasteiger charge is -2.09. The molecule has 0 bridgehead atoms. The van der Waals surface area contributed by atoms with Gasteiger partial charge in [-0.25, -0.2) is 0 Å². The quantitative estimate of drug-likeness (QED) is 0.487. The van der Waals surface area contributed by atoms with Crippen molar-refractivity contribution in [1.82, 2.24) is 4.98 Å². The highest BCUT2D eigenvalue weighted by Crippen LogP contribution is 2.12. The summed E-state index contributed by atoms with van der Waals surface area (Å²) in [5, 5.41) is 0. The maximum absolute atomic E-state index is 4.38. The monoisotopic (exact) mass is 217 g/mol. The molecule has 1 nitrogen and oxygen atoms in total. The van der Waals surface area contributed by atoms with Crippen molar-refractivity contribution in [3.8, 4) is 0 Å². The molecule has 88 valence electrons. The number of aromatic nitrogens is 1. The Morgan fingerprint density at radius 2 is 2.19 bits per heavy atom. The maximum atomic E-state index is 4.38. The van der Waals surface area contributed by atoms with Gasteiger partial charge in [0, 0.05) is 11.9 Å². The normalized spacial score (nSPS) is 13.1. The van der Waals surface area contributed by atoms with Crippen LogP contribution in [0.4, 0.5) is 0 Å². The number of unbranched alkanes of at least 4 members (excludes halogenated alkanes) is 2. The fourth-order valence-corrected chi connectivity index (χ4v) is 1.75. The van der Waals surface area contributed by atoms with Gasteiger partial charge >= 0.3 is 0 Å². The maximum Gasteiger partial charge on any atom is 0.0409 e. The predicted molar refractivity (Wildman–Crippen MR) is 70.4 cm³/mol. The molecule has 0 saturated heterocycles. The highest BCUT2D eigenvalue weighted by atomic mass is 14.7. The zero-order chi connectivity index (χ0) is 11.6. The summed E-state index contributed by atoms with van der Waals surface area (Å²) in [5.41, 5.74) is 1.20. The zero-order valence-corrected chi connectivity index (χ0v) is 10.5.